The van der Waals surface area contributed by atoms with Crippen molar-refractivity contribution in [3.63, 3.8) is 0 Å². The van der Waals surface area contributed by atoms with Gasteiger partial charge >= 0.3 is 0 Å². The van der Waals surface area contributed by atoms with Gasteiger partial charge in [0.25, 0.3) is 0 Å². The van der Waals surface area contributed by atoms with Crippen molar-refractivity contribution < 1.29 is 0 Å². The number of rotatable bonds is 0. The molecule has 0 aliphatic heterocycles. The van der Waals surface area contributed by atoms with Gasteiger partial charge in [-0.15, -0.1) is 0 Å². The molecule has 0 aromatic carbocycles. The van der Waals surface area contributed by atoms with Crippen molar-refractivity contribution in [1.82, 2.24) is 9.97 Å². The second kappa shape index (κ2) is 3.80. The average molecular weight is 209 g/mol. The minimum atomic E-state index is 0. The summed E-state index contributed by atoms with van der Waals surface area (Å²) < 4.78 is 0.835. The van der Waals surface area contributed by atoms with Gasteiger partial charge in [0.15, 0.2) is 0 Å². The molecule has 0 aliphatic rings. The summed E-state index contributed by atoms with van der Waals surface area (Å²) in [5.74, 6) is 0. The highest BCUT2D eigenvalue weighted by atomic mass is 79.9. The molecule has 0 amide bonds. The standard InChI is InChI=1S/C4H2BrClN2.CH4/c5-3-1-7-4(6)8-2-3;/h1-2H;1H4. The van der Waals surface area contributed by atoms with Gasteiger partial charge in [-0.1, -0.05) is 7.43 Å². The van der Waals surface area contributed by atoms with Crippen LogP contribution < -0.4 is 0 Å². The lowest BCUT2D eigenvalue weighted by Gasteiger charge is -1.85. The molecule has 1 heterocycles. The fourth-order valence-electron chi connectivity index (χ4n) is 0.297. The van der Waals surface area contributed by atoms with Crippen LogP contribution in [0.4, 0.5) is 0 Å². The molecular formula is C5H6BrClN2. The molecule has 0 bridgehead atoms. The first-order valence-electron chi connectivity index (χ1n) is 1.92. The van der Waals surface area contributed by atoms with Crippen LogP contribution in [0.3, 0.4) is 0 Å². The molecule has 0 spiro atoms. The zero-order chi connectivity index (χ0) is 5.98. The zero-order valence-corrected chi connectivity index (χ0v) is 6.15. The Hall–Kier alpha value is -0.150. The summed E-state index contributed by atoms with van der Waals surface area (Å²) in [5.41, 5.74) is 0. The third kappa shape index (κ3) is 2.77. The van der Waals surface area contributed by atoms with E-state index < -0.39 is 0 Å². The van der Waals surface area contributed by atoms with Crippen LogP contribution in [-0.2, 0) is 0 Å². The van der Waals surface area contributed by atoms with Crippen LogP contribution in [0.5, 0.6) is 0 Å². The van der Waals surface area contributed by atoms with E-state index in [9.17, 15) is 0 Å². The van der Waals surface area contributed by atoms with Crippen LogP contribution in [0.1, 0.15) is 7.43 Å². The molecule has 9 heavy (non-hydrogen) atoms. The van der Waals surface area contributed by atoms with Crippen LogP contribution in [0.25, 0.3) is 0 Å². The van der Waals surface area contributed by atoms with Crippen LogP contribution in [-0.4, -0.2) is 9.97 Å². The van der Waals surface area contributed by atoms with Crippen LogP contribution in [0.2, 0.25) is 5.28 Å². The Morgan fingerprint density at radius 3 is 2.11 bits per heavy atom. The molecule has 0 radical (unpaired) electrons. The maximum Gasteiger partial charge on any atom is 0.222 e. The number of halogens is 2. The minimum absolute atomic E-state index is 0. The fourth-order valence-corrected chi connectivity index (χ4v) is 0.599. The van der Waals surface area contributed by atoms with Crippen molar-refractivity contribution in [2.75, 3.05) is 0 Å². The molecule has 0 saturated heterocycles. The highest BCUT2D eigenvalue weighted by Gasteiger charge is 1.86. The zero-order valence-electron chi connectivity index (χ0n) is 3.81. The lowest BCUT2D eigenvalue weighted by molar-refractivity contribution is 1.15. The van der Waals surface area contributed by atoms with Gasteiger partial charge in [-0.2, -0.15) is 0 Å². The molecule has 0 unspecified atom stereocenters. The van der Waals surface area contributed by atoms with Crippen LogP contribution in [0.15, 0.2) is 16.9 Å². The van der Waals surface area contributed by atoms with Crippen molar-refractivity contribution in [2.45, 2.75) is 7.43 Å². The SMILES string of the molecule is C.Clc1ncc(Br)cn1. The fraction of sp³-hybridized carbons (Fsp3) is 0.200. The molecule has 0 atom stereocenters. The maximum absolute atomic E-state index is 5.37. The lowest BCUT2D eigenvalue weighted by Crippen LogP contribution is -1.77. The van der Waals surface area contributed by atoms with Crippen molar-refractivity contribution >= 4 is 27.5 Å². The quantitative estimate of drug-likeness (QED) is 0.614. The van der Waals surface area contributed by atoms with Crippen molar-refractivity contribution in [1.29, 1.82) is 0 Å². The van der Waals surface area contributed by atoms with E-state index in [0.29, 0.717) is 0 Å². The molecule has 1 aromatic rings. The molecule has 2 nitrogen and oxygen atoms in total. The summed E-state index contributed by atoms with van der Waals surface area (Å²) in [5, 5.41) is 0.271. The van der Waals surface area contributed by atoms with E-state index in [0.717, 1.165) is 4.47 Å². The number of hydrogen-bond acceptors (Lipinski definition) is 2. The Kier molecular flexibility index (Phi) is 3.73. The molecular weight excluding hydrogens is 203 g/mol. The highest BCUT2D eigenvalue weighted by Crippen LogP contribution is 2.06. The summed E-state index contributed by atoms with van der Waals surface area (Å²) >= 11 is 8.53. The van der Waals surface area contributed by atoms with Gasteiger partial charge in [0.2, 0.25) is 5.28 Å². The van der Waals surface area contributed by atoms with Gasteiger partial charge in [-0.3, -0.25) is 0 Å². The monoisotopic (exact) mass is 208 g/mol. The largest absolute Gasteiger partial charge is 0.225 e. The molecule has 0 aliphatic carbocycles. The molecule has 50 valence electrons. The second-order valence-corrected chi connectivity index (χ2v) is 2.42. The summed E-state index contributed by atoms with van der Waals surface area (Å²) in [4.78, 5) is 7.37. The van der Waals surface area contributed by atoms with E-state index in [4.69, 9.17) is 11.6 Å². The van der Waals surface area contributed by atoms with Crippen LogP contribution >= 0.6 is 27.5 Å². The molecule has 1 rings (SSSR count). The lowest BCUT2D eigenvalue weighted by atomic mass is 10.7. The number of nitrogens with zero attached hydrogens (tertiary/aromatic N) is 2. The smallest absolute Gasteiger partial charge is 0.222 e. The summed E-state index contributed by atoms with van der Waals surface area (Å²) in [6, 6.07) is 0. The van der Waals surface area contributed by atoms with Crippen molar-refractivity contribution in [3.05, 3.63) is 22.1 Å². The first kappa shape index (κ1) is 8.85. The Morgan fingerprint density at radius 1 is 1.33 bits per heavy atom. The Labute approximate surface area is 67.4 Å². The first-order valence-corrected chi connectivity index (χ1v) is 3.09. The third-order valence-corrected chi connectivity index (χ3v) is 1.19. The van der Waals surface area contributed by atoms with E-state index in [2.05, 4.69) is 25.9 Å². The van der Waals surface area contributed by atoms with E-state index in [1.807, 2.05) is 0 Å². The van der Waals surface area contributed by atoms with Gasteiger partial charge in [0, 0.05) is 12.4 Å². The maximum atomic E-state index is 5.37. The Morgan fingerprint density at radius 2 is 1.78 bits per heavy atom. The van der Waals surface area contributed by atoms with E-state index in [-0.39, 0.29) is 12.7 Å². The number of hydrogen-bond donors (Lipinski definition) is 0. The van der Waals surface area contributed by atoms with Gasteiger partial charge in [-0.05, 0) is 27.5 Å². The van der Waals surface area contributed by atoms with E-state index >= 15 is 0 Å². The Balaban J connectivity index is 0.000000640. The van der Waals surface area contributed by atoms with Gasteiger partial charge in [-0.25, -0.2) is 9.97 Å². The molecule has 0 N–H and O–H groups in total. The molecule has 0 saturated carbocycles. The van der Waals surface area contributed by atoms with Gasteiger partial charge in [0.05, 0.1) is 4.47 Å². The van der Waals surface area contributed by atoms with E-state index in [1.54, 1.807) is 12.4 Å². The van der Waals surface area contributed by atoms with E-state index in [1.165, 1.54) is 0 Å². The highest BCUT2D eigenvalue weighted by molar-refractivity contribution is 9.10. The topological polar surface area (TPSA) is 25.8 Å². The second-order valence-electron chi connectivity index (χ2n) is 1.17. The molecule has 1 aromatic heterocycles. The molecule has 4 heteroatoms. The average Bonchev–Trinajstić information content (AvgIpc) is 1.77. The molecule has 0 fully saturated rings. The normalized spacial score (nSPS) is 8.22. The minimum Gasteiger partial charge on any atom is -0.225 e. The van der Waals surface area contributed by atoms with Crippen molar-refractivity contribution in [2.24, 2.45) is 0 Å². The van der Waals surface area contributed by atoms with Crippen LogP contribution in [0, 0.1) is 0 Å². The van der Waals surface area contributed by atoms with Gasteiger partial charge in [0.1, 0.15) is 0 Å². The predicted octanol–water partition coefficient (Wildman–Crippen LogP) is 2.53. The summed E-state index contributed by atoms with van der Waals surface area (Å²) in [6.45, 7) is 0. The predicted molar refractivity (Wildman–Crippen MR) is 41.5 cm³/mol. The summed E-state index contributed by atoms with van der Waals surface area (Å²) in [7, 11) is 0. The van der Waals surface area contributed by atoms with Crippen molar-refractivity contribution in [3.8, 4) is 0 Å². The summed E-state index contributed by atoms with van der Waals surface area (Å²) in [6.07, 6.45) is 3.19. The first-order chi connectivity index (χ1) is 3.79. The Bertz CT molecular complexity index is 154. The van der Waals surface area contributed by atoms with Gasteiger partial charge < -0.3 is 0 Å². The number of aromatic nitrogens is 2. The third-order valence-electron chi connectivity index (χ3n) is 0.589.